The number of Topliss-reactive ketones (excluding diaryl/α,β-unsaturated/α-hetero) is 1. The SMILES string of the molecule is CCOC(=O)C1N=C(C2=C(O)c3ccccc3C2=O)C2C(=O)N(N(C)c3ncc(C(F)(F)F)cc3Cl)C(=O)C12. The summed E-state index contributed by atoms with van der Waals surface area (Å²) < 4.78 is 44.3. The van der Waals surface area contributed by atoms with E-state index in [-0.39, 0.29) is 34.8 Å². The van der Waals surface area contributed by atoms with E-state index in [1.807, 2.05) is 0 Å². The number of ketones is 1. The predicted molar refractivity (Wildman–Crippen MR) is 130 cm³/mol. The van der Waals surface area contributed by atoms with Gasteiger partial charge in [-0.2, -0.15) is 18.2 Å². The standard InChI is InChI=1S/C25H18ClF3N4O6/c1-3-39-24(38)18-15-14(17(31-18)16-19(34)11-6-4-5-7-12(11)20(16)35)22(36)33(23(15)37)32(2)21-13(26)8-10(9-30-21)25(27,28)29/h4-9,14-15,18,34H,3H2,1-2H3. The van der Waals surface area contributed by atoms with Crippen LogP contribution in [0.4, 0.5) is 19.0 Å². The number of esters is 1. The number of imide groups is 1. The number of carbonyl (C=O) groups excluding carboxylic acids is 4. The fourth-order valence-corrected chi connectivity index (χ4v) is 5.24. The highest BCUT2D eigenvalue weighted by molar-refractivity contribution is 6.40. The Bertz CT molecular complexity index is 1520. The van der Waals surface area contributed by atoms with Crippen LogP contribution in [0.2, 0.25) is 5.02 Å². The van der Waals surface area contributed by atoms with Crippen LogP contribution < -0.4 is 5.01 Å². The second-order valence-corrected chi connectivity index (χ2v) is 9.26. The number of aliphatic hydroxyl groups excluding tert-OH is 1. The summed E-state index contributed by atoms with van der Waals surface area (Å²) >= 11 is 6.03. The number of fused-ring (bicyclic) bond motifs is 2. The zero-order chi connectivity index (χ0) is 28.4. The van der Waals surface area contributed by atoms with Crippen LogP contribution >= 0.6 is 11.6 Å². The van der Waals surface area contributed by atoms with Gasteiger partial charge >= 0.3 is 12.1 Å². The van der Waals surface area contributed by atoms with E-state index in [1.165, 1.54) is 26.1 Å². The molecule has 1 aliphatic carbocycles. The molecule has 39 heavy (non-hydrogen) atoms. The molecule has 1 saturated heterocycles. The number of alkyl halides is 3. The Labute approximate surface area is 223 Å². The summed E-state index contributed by atoms with van der Waals surface area (Å²) in [5.74, 6) is -7.19. The van der Waals surface area contributed by atoms with Gasteiger partial charge in [-0.3, -0.25) is 24.4 Å². The zero-order valence-corrected chi connectivity index (χ0v) is 20.9. The number of aliphatic hydroxyl groups is 1. The highest BCUT2D eigenvalue weighted by Crippen LogP contribution is 2.44. The van der Waals surface area contributed by atoms with Gasteiger partial charge in [-0.15, -0.1) is 0 Å². The van der Waals surface area contributed by atoms with Gasteiger partial charge in [0.2, 0.25) is 0 Å². The molecule has 1 aromatic carbocycles. The quantitative estimate of drug-likeness (QED) is 0.434. The number of benzene rings is 1. The lowest BCUT2D eigenvalue weighted by Gasteiger charge is -2.29. The van der Waals surface area contributed by atoms with Crippen molar-refractivity contribution in [3.8, 4) is 0 Å². The van der Waals surface area contributed by atoms with E-state index in [2.05, 4.69) is 9.98 Å². The van der Waals surface area contributed by atoms with Gasteiger partial charge in [0, 0.05) is 24.4 Å². The molecule has 10 nitrogen and oxygen atoms in total. The molecule has 0 bridgehead atoms. The number of hydrogen-bond acceptors (Lipinski definition) is 9. The van der Waals surface area contributed by atoms with Crippen molar-refractivity contribution >= 4 is 52.5 Å². The minimum atomic E-state index is -4.73. The van der Waals surface area contributed by atoms with Crippen molar-refractivity contribution in [1.82, 2.24) is 9.99 Å². The molecule has 14 heteroatoms. The second-order valence-electron chi connectivity index (χ2n) is 8.85. The zero-order valence-electron chi connectivity index (χ0n) is 20.2. The normalized spacial score (nSPS) is 22.3. The van der Waals surface area contributed by atoms with Crippen LogP contribution in [0.15, 0.2) is 47.1 Å². The van der Waals surface area contributed by atoms with E-state index < -0.39 is 64.0 Å². The second kappa shape index (κ2) is 9.19. The van der Waals surface area contributed by atoms with E-state index in [9.17, 15) is 37.5 Å². The summed E-state index contributed by atoms with van der Waals surface area (Å²) in [6.07, 6.45) is -4.24. The summed E-state index contributed by atoms with van der Waals surface area (Å²) in [7, 11) is 1.18. The molecule has 3 atom stereocenters. The minimum Gasteiger partial charge on any atom is -0.506 e. The third-order valence-corrected chi connectivity index (χ3v) is 6.95. The number of allylic oxidation sites excluding steroid dienone is 1. The Balaban J connectivity index is 1.57. The third-order valence-electron chi connectivity index (χ3n) is 6.67. The van der Waals surface area contributed by atoms with E-state index >= 15 is 0 Å². The van der Waals surface area contributed by atoms with Crippen molar-refractivity contribution in [1.29, 1.82) is 0 Å². The molecule has 1 N–H and O–H groups in total. The van der Waals surface area contributed by atoms with Crippen molar-refractivity contribution in [2.45, 2.75) is 19.1 Å². The number of halogens is 4. The Kier molecular flexibility index (Phi) is 6.21. The summed E-state index contributed by atoms with van der Waals surface area (Å²) in [5, 5.41) is 11.8. The molecular weight excluding hydrogens is 545 g/mol. The van der Waals surface area contributed by atoms with E-state index in [4.69, 9.17) is 16.3 Å². The lowest BCUT2D eigenvalue weighted by molar-refractivity contribution is -0.149. The topological polar surface area (TPSA) is 129 Å². The first-order valence-corrected chi connectivity index (χ1v) is 11.9. The molecule has 3 heterocycles. The first-order chi connectivity index (χ1) is 18.4. The van der Waals surface area contributed by atoms with E-state index in [1.54, 1.807) is 12.1 Å². The number of hydrogen-bond donors (Lipinski definition) is 1. The van der Waals surface area contributed by atoms with Gasteiger partial charge < -0.3 is 9.84 Å². The van der Waals surface area contributed by atoms with Crippen LogP contribution in [0.5, 0.6) is 0 Å². The first-order valence-electron chi connectivity index (χ1n) is 11.5. The van der Waals surface area contributed by atoms with Crippen LogP contribution in [-0.4, -0.2) is 64.1 Å². The lowest BCUT2D eigenvalue weighted by atomic mass is 9.85. The summed E-state index contributed by atoms with van der Waals surface area (Å²) in [4.78, 5) is 61.2. The molecule has 3 unspecified atom stereocenters. The monoisotopic (exact) mass is 562 g/mol. The van der Waals surface area contributed by atoms with Crippen LogP contribution in [0, 0.1) is 11.8 Å². The maximum absolute atomic E-state index is 13.7. The molecule has 2 aliphatic heterocycles. The fourth-order valence-electron chi connectivity index (χ4n) is 4.96. The molecule has 0 spiro atoms. The average molecular weight is 563 g/mol. The number of aromatic nitrogens is 1. The van der Waals surface area contributed by atoms with Crippen LogP contribution in [0.3, 0.4) is 0 Å². The van der Waals surface area contributed by atoms with Crippen molar-refractivity contribution in [3.63, 3.8) is 0 Å². The van der Waals surface area contributed by atoms with E-state index in [0.29, 0.717) is 17.3 Å². The van der Waals surface area contributed by atoms with Gasteiger partial charge in [-0.1, -0.05) is 35.9 Å². The Morgan fingerprint density at radius 1 is 1.18 bits per heavy atom. The number of aliphatic imine (C=N–C) groups is 1. The minimum absolute atomic E-state index is 0.0628. The average Bonchev–Trinajstić information content (AvgIpc) is 3.47. The molecule has 202 valence electrons. The number of nitrogens with zero attached hydrogens (tertiary/aromatic N) is 4. The third kappa shape index (κ3) is 3.95. The van der Waals surface area contributed by atoms with Crippen molar-refractivity contribution in [2.75, 3.05) is 18.7 Å². The van der Waals surface area contributed by atoms with Gasteiger partial charge in [-0.25, -0.2) is 9.78 Å². The molecule has 2 aromatic rings. The smallest absolute Gasteiger partial charge is 0.417 e. The number of amides is 2. The van der Waals surface area contributed by atoms with E-state index in [0.717, 1.165) is 5.01 Å². The summed E-state index contributed by atoms with van der Waals surface area (Å²) in [6, 6.07) is 5.20. The molecule has 1 aromatic heterocycles. The number of rotatable bonds is 5. The largest absolute Gasteiger partial charge is 0.506 e. The van der Waals surface area contributed by atoms with Gasteiger partial charge in [0.25, 0.3) is 11.8 Å². The van der Waals surface area contributed by atoms with Gasteiger partial charge in [0.1, 0.15) is 5.76 Å². The highest BCUT2D eigenvalue weighted by atomic mass is 35.5. The molecule has 1 fully saturated rings. The predicted octanol–water partition coefficient (Wildman–Crippen LogP) is 3.26. The maximum atomic E-state index is 13.7. The summed E-state index contributed by atoms with van der Waals surface area (Å²) in [5.41, 5.74) is -1.39. The Morgan fingerprint density at radius 3 is 2.44 bits per heavy atom. The fraction of sp³-hybridized carbons (Fsp3) is 0.280. The molecule has 0 saturated carbocycles. The lowest BCUT2D eigenvalue weighted by Crippen LogP contribution is -2.47. The number of carbonyl (C=O) groups is 4. The Hall–Kier alpha value is -4.26. The maximum Gasteiger partial charge on any atom is 0.417 e. The molecule has 3 aliphatic rings. The number of ether oxygens (including phenoxy) is 1. The molecule has 0 radical (unpaired) electrons. The number of pyridine rings is 1. The van der Waals surface area contributed by atoms with Crippen LogP contribution in [-0.2, 0) is 25.3 Å². The molecule has 5 rings (SSSR count). The molecular formula is C25H18ClF3N4O6. The van der Waals surface area contributed by atoms with Crippen molar-refractivity contribution in [2.24, 2.45) is 16.8 Å². The van der Waals surface area contributed by atoms with Gasteiger partial charge in [0.05, 0.1) is 40.3 Å². The number of hydrazine groups is 1. The van der Waals surface area contributed by atoms with Crippen LogP contribution in [0.1, 0.15) is 28.4 Å². The van der Waals surface area contributed by atoms with Crippen molar-refractivity contribution in [3.05, 3.63) is 63.8 Å². The summed E-state index contributed by atoms with van der Waals surface area (Å²) in [6.45, 7) is 1.47. The first kappa shape index (κ1) is 26.4. The van der Waals surface area contributed by atoms with Gasteiger partial charge in [-0.05, 0) is 13.0 Å². The highest BCUT2D eigenvalue weighted by Gasteiger charge is 2.62. The van der Waals surface area contributed by atoms with Gasteiger partial charge in [0.15, 0.2) is 17.6 Å². The Morgan fingerprint density at radius 2 is 1.85 bits per heavy atom. The molecule has 2 amide bonds. The number of anilines is 1. The van der Waals surface area contributed by atoms with Crippen LogP contribution in [0.25, 0.3) is 5.76 Å². The van der Waals surface area contributed by atoms with Crippen molar-refractivity contribution < 1.29 is 42.2 Å².